The van der Waals surface area contributed by atoms with Crippen molar-refractivity contribution in [3.8, 4) is 17.2 Å². The zero-order chi connectivity index (χ0) is 19.1. The zero-order valence-corrected chi connectivity index (χ0v) is 15.3. The minimum absolute atomic E-state index is 0.0273. The van der Waals surface area contributed by atoms with Crippen molar-refractivity contribution in [1.29, 1.82) is 5.26 Å². The second-order valence-electron chi connectivity index (χ2n) is 7.09. The Balaban J connectivity index is 1.82. The van der Waals surface area contributed by atoms with E-state index in [2.05, 4.69) is 20.9 Å². The molecule has 7 nitrogen and oxygen atoms in total. The smallest absolute Gasteiger partial charge is 0.255 e. The third-order valence-corrected chi connectivity index (χ3v) is 5.19. The predicted molar refractivity (Wildman–Crippen MR) is 99.2 cm³/mol. The van der Waals surface area contributed by atoms with Crippen LogP contribution in [0.4, 0.5) is 5.82 Å². The quantitative estimate of drug-likeness (QED) is 0.779. The minimum atomic E-state index is -0.0726. The summed E-state index contributed by atoms with van der Waals surface area (Å²) in [6.07, 6.45) is 4.09. The summed E-state index contributed by atoms with van der Waals surface area (Å²) in [5, 5.41) is 9.20. The molecule has 0 saturated carbocycles. The van der Waals surface area contributed by atoms with E-state index in [0.29, 0.717) is 24.2 Å². The summed E-state index contributed by atoms with van der Waals surface area (Å²) in [5.74, 6) is 0.567. The lowest BCUT2D eigenvalue weighted by Crippen LogP contribution is -2.21. The molecule has 0 N–H and O–H groups in total. The summed E-state index contributed by atoms with van der Waals surface area (Å²) in [5.41, 5.74) is 3.37. The van der Waals surface area contributed by atoms with Crippen LogP contribution >= 0.6 is 0 Å². The fourth-order valence-corrected chi connectivity index (χ4v) is 3.63. The molecule has 2 aliphatic rings. The van der Waals surface area contributed by atoms with Gasteiger partial charge in [0, 0.05) is 49.2 Å². The van der Waals surface area contributed by atoms with Crippen molar-refractivity contribution in [3.63, 3.8) is 0 Å². The van der Waals surface area contributed by atoms with Crippen LogP contribution in [0.5, 0.6) is 0 Å². The molecular formula is C20H19N5O2. The number of hydrogen-bond donors (Lipinski definition) is 0. The van der Waals surface area contributed by atoms with Gasteiger partial charge in [0.15, 0.2) is 5.78 Å². The van der Waals surface area contributed by atoms with E-state index in [4.69, 9.17) is 0 Å². The number of nitriles is 1. The summed E-state index contributed by atoms with van der Waals surface area (Å²) < 4.78 is 0. The fraction of sp³-hybridized carbons (Fsp3) is 0.350. The maximum absolute atomic E-state index is 12.3. The van der Waals surface area contributed by atoms with E-state index in [1.807, 2.05) is 6.07 Å². The lowest BCUT2D eigenvalue weighted by atomic mass is 10.0. The van der Waals surface area contributed by atoms with Crippen LogP contribution in [0.3, 0.4) is 0 Å². The minimum Gasteiger partial charge on any atom is -0.355 e. The molecule has 0 spiro atoms. The van der Waals surface area contributed by atoms with Gasteiger partial charge < -0.3 is 9.80 Å². The van der Waals surface area contributed by atoms with Gasteiger partial charge in [-0.25, -0.2) is 4.98 Å². The number of Topliss-reactive ketones (excluding diaryl/α,β-unsaturated/α-hetero) is 1. The van der Waals surface area contributed by atoms with Gasteiger partial charge in [0.05, 0.1) is 29.8 Å². The highest BCUT2D eigenvalue weighted by molar-refractivity contribution is 6.00. The van der Waals surface area contributed by atoms with Gasteiger partial charge >= 0.3 is 0 Å². The molecule has 0 aliphatic carbocycles. The molecular weight excluding hydrogens is 342 g/mol. The van der Waals surface area contributed by atoms with E-state index in [1.165, 1.54) is 6.92 Å². The maximum Gasteiger partial charge on any atom is 0.255 e. The van der Waals surface area contributed by atoms with Gasteiger partial charge in [-0.2, -0.15) is 5.26 Å². The van der Waals surface area contributed by atoms with Crippen LogP contribution in [0.2, 0.25) is 0 Å². The van der Waals surface area contributed by atoms with E-state index in [-0.39, 0.29) is 17.6 Å². The van der Waals surface area contributed by atoms with Gasteiger partial charge in [0.1, 0.15) is 5.82 Å². The maximum atomic E-state index is 12.3. The van der Waals surface area contributed by atoms with E-state index >= 15 is 0 Å². The van der Waals surface area contributed by atoms with Crippen molar-refractivity contribution in [3.05, 3.63) is 41.3 Å². The Kier molecular flexibility index (Phi) is 4.11. The van der Waals surface area contributed by atoms with Crippen LogP contribution in [0.15, 0.2) is 24.5 Å². The monoisotopic (exact) mass is 361 g/mol. The number of pyridine rings is 2. The average Bonchev–Trinajstić information content (AvgIpc) is 3.26. The molecule has 0 radical (unpaired) electrons. The van der Waals surface area contributed by atoms with Crippen molar-refractivity contribution < 1.29 is 9.59 Å². The molecule has 2 aliphatic heterocycles. The Morgan fingerprint density at radius 2 is 2.07 bits per heavy atom. The lowest BCUT2D eigenvalue weighted by molar-refractivity contribution is 0.0816. The highest BCUT2D eigenvalue weighted by atomic mass is 16.2. The van der Waals surface area contributed by atoms with E-state index < -0.39 is 0 Å². The Morgan fingerprint density at radius 3 is 2.78 bits per heavy atom. The van der Waals surface area contributed by atoms with Gasteiger partial charge in [-0.05, 0) is 25.5 Å². The van der Waals surface area contributed by atoms with E-state index in [0.717, 1.165) is 35.6 Å². The van der Waals surface area contributed by atoms with Crippen molar-refractivity contribution in [2.45, 2.75) is 19.9 Å². The number of fused-ring (bicyclic) bond motifs is 1. The highest BCUT2D eigenvalue weighted by Gasteiger charge is 2.29. The number of ketones is 1. The van der Waals surface area contributed by atoms with Crippen molar-refractivity contribution >= 4 is 17.5 Å². The summed E-state index contributed by atoms with van der Waals surface area (Å²) in [6.45, 7) is 3.35. The Morgan fingerprint density at radius 1 is 1.26 bits per heavy atom. The summed E-state index contributed by atoms with van der Waals surface area (Å²) in [6, 6.07) is 5.94. The fourth-order valence-electron chi connectivity index (χ4n) is 3.63. The predicted octanol–water partition coefficient (Wildman–Crippen LogP) is 2.28. The normalized spacial score (nSPS) is 18.6. The van der Waals surface area contributed by atoms with Crippen molar-refractivity contribution in [2.24, 2.45) is 5.92 Å². The molecule has 1 amide bonds. The third kappa shape index (κ3) is 2.93. The van der Waals surface area contributed by atoms with Crippen LogP contribution in [0.1, 0.15) is 39.8 Å². The standard InChI is InChI=1S/C20H19N5O2/c1-12(26)14-5-16(19(23-8-14)25-4-3-13(7-21)10-25)15-6-17-18(22-9-15)11-24(2)20(17)27/h5-6,8-9,13H,3-4,10-11H2,1-2H3/t13-/m0/s1. The molecule has 4 rings (SSSR count). The third-order valence-electron chi connectivity index (χ3n) is 5.19. The van der Waals surface area contributed by atoms with Crippen molar-refractivity contribution in [1.82, 2.24) is 14.9 Å². The molecule has 1 fully saturated rings. The molecule has 27 heavy (non-hydrogen) atoms. The number of anilines is 1. The topological polar surface area (TPSA) is 90.2 Å². The molecule has 2 aromatic heterocycles. The molecule has 0 bridgehead atoms. The molecule has 136 valence electrons. The summed E-state index contributed by atoms with van der Waals surface area (Å²) in [4.78, 5) is 36.9. The molecule has 1 atom stereocenters. The van der Waals surface area contributed by atoms with E-state index in [1.54, 1.807) is 30.4 Å². The second kappa shape index (κ2) is 6.47. The zero-order valence-electron chi connectivity index (χ0n) is 15.3. The van der Waals surface area contributed by atoms with Crippen LogP contribution in [0, 0.1) is 17.2 Å². The number of rotatable bonds is 3. The van der Waals surface area contributed by atoms with E-state index in [9.17, 15) is 14.9 Å². The van der Waals surface area contributed by atoms with Crippen LogP contribution in [-0.4, -0.2) is 46.7 Å². The Labute approximate surface area is 157 Å². The van der Waals surface area contributed by atoms with Crippen LogP contribution in [-0.2, 0) is 6.54 Å². The second-order valence-corrected chi connectivity index (χ2v) is 7.09. The first-order valence-corrected chi connectivity index (χ1v) is 8.88. The molecule has 7 heteroatoms. The van der Waals surface area contributed by atoms with Crippen LogP contribution < -0.4 is 4.90 Å². The lowest BCUT2D eigenvalue weighted by Gasteiger charge is -2.21. The van der Waals surface area contributed by atoms with Gasteiger partial charge in [-0.1, -0.05) is 0 Å². The number of carbonyl (C=O) groups excluding carboxylic acids is 2. The average molecular weight is 361 g/mol. The Bertz CT molecular complexity index is 994. The molecule has 4 heterocycles. The first kappa shape index (κ1) is 17.2. The first-order chi connectivity index (χ1) is 13.0. The van der Waals surface area contributed by atoms with Crippen LogP contribution in [0.25, 0.3) is 11.1 Å². The number of hydrogen-bond acceptors (Lipinski definition) is 6. The Hall–Kier alpha value is -3.27. The summed E-state index contributed by atoms with van der Waals surface area (Å²) >= 11 is 0. The first-order valence-electron chi connectivity index (χ1n) is 8.88. The highest BCUT2D eigenvalue weighted by Crippen LogP contribution is 2.34. The van der Waals surface area contributed by atoms with Crippen molar-refractivity contribution in [2.75, 3.05) is 25.0 Å². The van der Waals surface area contributed by atoms with Gasteiger partial charge in [0.25, 0.3) is 5.91 Å². The van der Waals surface area contributed by atoms with Gasteiger partial charge in [-0.3, -0.25) is 14.6 Å². The van der Waals surface area contributed by atoms with Gasteiger partial charge in [0.2, 0.25) is 0 Å². The number of amides is 1. The summed E-state index contributed by atoms with van der Waals surface area (Å²) in [7, 11) is 1.75. The largest absolute Gasteiger partial charge is 0.355 e. The number of nitrogens with zero attached hydrogens (tertiary/aromatic N) is 5. The molecule has 2 aromatic rings. The molecule has 1 saturated heterocycles. The molecule has 0 unspecified atom stereocenters. The van der Waals surface area contributed by atoms with Gasteiger partial charge in [-0.15, -0.1) is 0 Å². The molecule has 0 aromatic carbocycles. The number of carbonyl (C=O) groups is 2. The SMILES string of the molecule is CC(=O)c1cnc(N2CC[C@@H](C#N)C2)c(-c2cnc3c(c2)C(=O)N(C)C3)c1. The number of aromatic nitrogens is 2.